The average Bonchev–Trinajstić information content (AvgIpc) is 3.35. The predicted molar refractivity (Wildman–Crippen MR) is 164 cm³/mol. The smallest absolute Gasteiger partial charge is 0.259 e. The third-order valence-corrected chi connectivity index (χ3v) is 8.30. The van der Waals surface area contributed by atoms with Gasteiger partial charge in [0.2, 0.25) is 5.78 Å². The first kappa shape index (κ1) is 29.7. The standard InChI is InChI=1S/C34H41N5O3/c1-6-10-30-29(20-24-13-14-28(26(19-24)21-35)25-11-8-7-9-12-25)31(40)38(32-36-23(2)37-39(30)32)27-15-17-34(5,18-16-27)42-22-33(3,4)41/h7-9,11-14,19,27,41H,6,10,15-18,20,22H2,1-5H3. The minimum Gasteiger partial charge on any atom is -0.388 e. The summed E-state index contributed by atoms with van der Waals surface area (Å²) in [4.78, 5) is 19.1. The molecule has 2 aromatic heterocycles. The van der Waals surface area contributed by atoms with Crippen molar-refractivity contribution in [3.05, 3.63) is 87.1 Å². The average molecular weight is 568 g/mol. The van der Waals surface area contributed by atoms with Crippen molar-refractivity contribution in [2.24, 2.45) is 0 Å². The molecule has 1 saturated carbocycles. The molecule has 42 heavy (non-hydrogen) atoms. The van der Waals surface area contributed by atoms with Crippen LogP contribution in [0.15, 0.2) is 53.3 Å². The summed E-state index contributed by atoms with van der Waals surface area (Å²) in [5, 5.41) is 24.9. The Kier molecular flexibility index (Phi) is 8.36. The number of fused-ring (bicyclic) bond motifs is 1. The van der Waals surface area contributed by atoms with Crippen molar-refractivity contribution in [2.45, 2.75) is 96.8 Å². The van der Waals surface area contributed by atoms with Crippen LogP contribution in [-0.4, -0.2) is 42.1 Å². The van der Waals surface area contributed by atoms with Crippen LogP contribution in [0, 0.1) is 18.3 Å². The molecule has 1 aliphatic rings. The second-order valence-electron chi connectivity index (χ2n) is 12.5. The van der Waals surface area contributed by atoms with Gasteiger partial charge in [-0.1, -0.05) is 55.8 Å². The van der Waals surface area contributed by atoms with Crippen LogP contribution in [-0.2, 0) is 17.6 Å². The maximum absolute atomic E-state index is 14.4. The monoisotopic (exact) mass is 567 g/mol. The molecule has 5 rings (SSSR count). The van der Waals surface area contributed by atoms with Crippen molar-refractivity contribution in [2.75, 3.05) is 6.61 Å². The van der Waals surface area contributed by atoms with Crippen LogP contribution >= 0.6 is 0 Å². The van der Waals surface area contributed by atoms with Crippen molar-refractivity contribution in [3.63, 3.8) is 0 Å². The van der Waals surface area contributed by atoms with E-state index >= 15 is 0 Å². The number of hydrogen-bond donors (Lipinski definition) is 1. The van der Waals surface area contributed by atoms with Crippen LogP contribution in [0.3, 0.4) is 0 Å². The van der Waals surface area contributed by atoms with Crippen molar-refractivity contribution < 1.29 is 9.84 Å². The summed E-state index contributed by atoms with van der Waals surface area (Å²) in [6.45, 7) is 9.83. The summed E-state index contributed by atoms with van der Waals surface area (Å²) >= 11 is 0. The lowest BCUT2D eigenvalue weighted by molar-refractivity contribution is -0.117. The topological polar surface area (TPSA) is 105 Å². The van der Waals surface area contributed by atoms with Gasteiger partial charge in [-0.25, -0.2) is 4.52 Å². The quantitative estimate of drug-likeness (QED) is 0.268. The summed E-state index contributed by atoms with van der Waals surface area (Å²) in [5.41, 5.74) is 3.69. The van der Waals surface area contributed by atoms with E-state index in [-0.39, 0.29) is 23.8 Å². The normalized spacial score (nSPS) is 19.2. The van der Waals surface area contributed by atoms with E-state index in [2.05, 4.69) is 19.9 Å². The lowest BCUT2D eigenvalue weighted by Gasteiger charge is -2.39. The van der Waals surface area contributed by atoms with Gasteiger partial charge in [-0.3, -0.25) is 9.36 Å². The Morgan fingerprint density at radius 3 is 2.52 bits per heavy atom. The van der Waals surface area contributed by atoms with Crippen molar-refractivity contribution in [3.8, 4) is 17.2 Å². The Balaban J connectivity index is 1.54. The van der Waals surface area contributed by atoms with E-state index in [0.29, 0.717) is 35.6 Å². The van der Waals surface area contributed by atoms with E-state index in [4.69, 9.17) is 14.8 Å². The van der Waals surface area contributed by atoms with E-state index in [1.54, 1.807) is 13.8 Å². The first-order valence-electron chi connectivity index (χ1n) is 15.0. The highest BCUT2D eigenvalue weighted by Gasteiger charge is 2.36. The SMILES string of the molecule is CCCc1c(Cc2ccc(-c3ccccc3)c(C#N)c2)c(=O)n(C2CCC(C)(OCC(C)(C)O)CC2)c2nc(C)nn12. The fourth-order valence-electron chi connectivity index (χ4n) is 6.06. The van der Waals surface area contributed by atoms with Crippen LogP contribution in [0.5, 0.6) is 0 Å². The number of aliphatic hydroxyl groups is 1. The van der Waals surface area contributed by atoms with Gasteiger partial charge in [-0.05, 0) is 82.6 Å². The molecule has 4 aromatic rings. The van der Waals surface area contributed by atoms with E-state index in [1.165, 1.54) is 0 Å². The molecular weight excluding hydrogens is 526 g/mol. The Labute approximate surface area is 247 Å². The highest BCUT2D eigenvalue weighted by molar-refractivity contribution is 5.71. The van der Waals surface area contributed by atoms with E-state index < -0.39 is 5.60 Å². The second-order valence-corrected chi connectivity index (χ2v) is 12.5. The Morgan fingerprint density at radius 1 is 1.17 bits per heavy atom. The van der Waals surface area contributed by atoms with Gasteiger partial charge in [0.15, 0.2) is 0 Å². The summed E-state index contributed by atoms with van der Waals surface area (Å²) < 4.78 is 9.89. The van der Waals surface area contributed by atoms with Crippen LogP contribution < -0.4 is 5.56 Å². The molecule has 0 atom stereocenters. The van der Waals surface area contributed by atoms with Crippen molar-refractivity contribution in [1.29, 1.82) is 5.26 Å². The molecule has 0 aliphatic heterocycles. The number of aryl methyl sites for hydroxylation is 2. The summed E-state index contributed by atoms with van der Waals surface area (Å²) in [5.74, 6) is 1.22. The maximum atomic E-state index is 14.4. The number of rotatable bonds is 9. The Morgan fingerprint density at radius 2 is 1.88 bits per heavy atom. The van der Waals surface area contributed by atoms with E-state index in [9.17, 15) is 15.2 Å². The van der Waals surface area contributed by atoms with Crippen LogP contribution in [0.1, 0.15) is 94.0 Å². The minimum atomic E-state index is -0.892. The van der Waals surface area contributed by atoms with Gasteiger partial charge >= 0.3 is 0 Å². The van der Waals surface area contributed by atoms with Crippen LogP contribution in [0.2, 0.25) is 0 Å². The number of nitrogens with zero attached hydrogens (tertiary/aromatic N) is 5. The van der Waals surface area contributed by atoms with Gasteiger partial charge < -0.3 is 9.84 Å². The Bertz CT molecular complexity index is 1670. The number of ether oxygens (including phenoxy) is 1. The third kappa shape index (κ3) is 6.18. The van der Waals surface area contributed by atoms with Crippen LogP contribution in [0.25, 0.3) is 16.9 Å². The second kappa shape index (κ2) is 11.8. The fraction of sp³-hybridized carbons (Fsp3) is 0.471. The number of hydrogen-bond acceptors (Lipinski definition) is 6. The van der Waals surface area contributed by atoms with Gasteiger partial charge in [-0.2, -0.15) is 15.3 Å². The summed E-state index contributed by atoms with van der Waals surface area (Å²) in [6.07, 6.45) is 5.05. The zero-order valence-electron chi connectivity index (χ0n) is 25.4. The molecule has 0 saturated heterocycles. The number of nitriles is 1. The lowest BCUT2D eigenvalue weighted by Crippen LogP contribution is -2.41. The first-order valence-corrected chi connectivity index (χ1v) is 15.0. The van der Waals surface area contributed by atoms with E-state index in [1.807, 2.05) is 64.5 Å². The molecule has 0 amide bonds. The molecule has 0 radical (unpaired) electrons. The van der Waals surface area contributed by atoms with Gasteiger partial charge in [0.05, 0.1) is 35.1 Å². The van der Waals surface area contributed by atoms with Gasteiger partial charge in [0.1, 0.15) is 5.82 Å². The molecule has 220 valence electrons. The van der Waals surface area contributed by atoms with Crippen molar-refractivity contribution in [1.82, 2.24) is 19.2 Å². The molecule has 0 bridgehead atoms. The highest BCUT2D eigenvalue weighted by atomic mass is 16.5. The van der Waals surface area contributed by atoms with Crippen LogP contribution in [0.4, 0.5) is 0 Å². The molecule has 1 aliphatic carbocycles. The fourth-order valence-corrected chi connectivity index (χ4v) is 6.06. The molecule has 0 spiro atoms. The molecule has 1 fully saturated rings. The Hall–Kier alpha value is -3.80. The zero-order valence-corrected chi connectivity index (χ0v) is 25.4. The lowest BCUT2D eigenvalue weighted by atomic mass is 9.83. The molecule has 2 heterocycles. The van der Waals surface area contributed by atoms with Gasteiger partial charge in [0.25, 0.3) is 5.56 Å². The van der Waals surface area contributed by atoms with E-state index in [0.717, 1.165) is 54.5 Å². The van der Waals surface area contributed by atoms with Gasteiger partial charge in [0, 0.05) is 18.0 Å². The summed E-state index contributed by atoms with van der Waals surface area (Å²) in [7, 11) is 0. The molecular formula is C34H41N5O3. The molecule has 0 unspecified atom stereocenters. The predicted octanol–water partition coefficient (Wildman–Crippen LogP) is 5.94. The largest absolute Gasteiger partial charge is 0.388 e. The van der Waals surface area contributed by atoms with Gasteiger partial charge in [-0.15, -0.1) is 0 Å². The minimum absolute atomic E-state index is 0.0324. The molecule has 2 aromatic carbocycles. The first-order chi connectivity index (χ1) is 20.0. The number of aromatic nitrogens is 4. The molecule has 8 heteroatoms. The highest BCUT2D eigenvalue weighted by Crippen LogP contribution is 2.38. The summed E-state index contributed by atoms with van der Waals surface area (Å²) in [6, 6.07) is 18.1. The third-order valence-electron chi connectivity index (χ3n) is 8.30. The maximum Gasteiger partial charge on any atom is 0.259 e. The molecule has 1 N–H and O–H groups in total. The van der Waals surface area contributed by atoms with Crippen molar-refractivity contribution >= 4 is 5.78 Å². The molecule has 8 nitrogen and oxygen atoms in total. The number of benzene rings is 2. The zero-order chi connectivity index (χ0) is 30.1.